The molecule has 0 atom stereocenters. The van der Waals surface area contributed by atoms with Crippen LogP contribution in [0.3, 0.4) is 0 Å². The Morgan fingerprint density at radius 2 is 1.89 bits per heavy atom. The molecule has 0 spiro atoms. The molecule has 0 aliphatic heterocycles. The lowest BCUT2D eigenvalue weighted by molar-refractivity contribution is 0.0927. The molecule has 0 aliphatic carbocycles. The van der Waals surface area contributed by atoms with Crippen LogP contribution in [0.2, 0.25) is 0 Å². The summed E-state index contributed by atoms with van der Waals surface area (Å²) in [6.45, 7) is 6.69. The molecular weight excluding hydrogens is 470 g/mol. The van der Waals surface area contributed by atoms with Crippen LogP contribution in [0.1, 0.15) is 37.6 Å². The van der Waals surface area contributed by atoms with Gasteiger partial charge in [-0.15, -0.1) is 0 Å². The zero-order chi connectivity index (χ0) is 14.4. The molecule has 0 saturated heterocycles. The van der Waals surface area contributed by atoms with Crippen molar-refractivity contribution in [3.05, 3.63) is 24.8 Å². The summed E-state index contributed by atoms with van der Waals surface area (Å²) in [4.78, 5) is 12.0. The molecule has 0 heterocycles. The van der Waals surface area contributed by atoms with Gasteiger partial charge >= 0.3 is 0 Å². The van der Waals surface area contributed by atoms with E-state index in [2.05, 4.69) is 63.0 Å². The van der Waals surface area contributed by atoms with Crippen molar-refractivity contribution in [2.45, 2.75) is 33.2 Å². The van der Waals surface area contributed by atoms with E-state index in [1.807, 2.05) is 26.0 Å². The molecule has 0 saturated carbocycles. The summed E-state index contributed by atoms with van der Waals surface area (Å²) in [7, 11) is 0. The quantitative estimate of drug-likeness (QED) is 0.478. The van der Waals surface area contributed by atoms with E-state index in [1.165, 1.54) is 0 Å². The minimum atomic E-state index is -0.133. The van der Waals surface area contributed by atoms with Crippen molar-refractivity contribution < 1.29 is 9.53 Å². The summed E-state index contributed by atoms with van der Waals surface area (Å²) in [5.41, 5.74) is 6.21. The second-order valence-corrected chi connectivity index (χ2v) is 6.70. The van der Waals surface area contributed by atoms with Crippen LogP contribution in [0.25, 0.3) is 0 Å². The van der Waals surface area contributed by atoms with E-state index in [1.54, 1.807) is 0 Å². The highest BCUT2D eigenvalue weighted by Gasteiger charge is 2.13. The van der Waals surface area contributed by atoms with Gasteiger partial charge in [-0.1, -0.05) is 6.92 Å². The molecule has 106 valence electrons. The lowest BCUT2D eigenvalue weighted by Crippen LogP contribution is -2.41. The number of nitrogens with one attached hydrogen (secondary N) is 2. The molecular formula is C13H18I2N2O2. The molecule has 1 amide bonds. The van der Waals surface area contributed by atoms with Crippen LogP contribution in [0.4, 0.5) is 0 Å². The summed E-state index contributed by atoms with van der Waals surface area (Å²) < 4.78 is 7.59. The molecule has 19 heavy (non-hydrogen) atoms. The van der Waals surface area contributed by atoms with E-state index in [0.717, 1.165) is 19.3 Å². The van der Waals surface area contributed by atoms with E-state index >= 15 is 0 Å². The molecule has 1 aromatic rings. The molecule has 1 aromatic carbocycles. The van der Waals surface area contributed by atoms with Crippen molar-refractivity contribution in [1.29, 1.82) is 0 Å². The highest BCUT2D eigenvalue weighted by molar-refractivity contribution is 14.1. The van der Waals surface area contributed by atoms with Gasteiger partial charge in [0.25, 0.3) is 5.91 Å². The van der Waals surface area contributed by atoms with E-state index < -0.39 is 0 Å². The largest absolute Gasteiger partial charge is 0.491 e. The highest BCUT2D eigenvalue weighted by atomic mass is 127. The molecule has 0 bridgehead atoms. The van der Waals surface area contributed by atoms with Crippen molar-refractivity contribution in [3.8, 4) is 5.75 Å². The van der Waals surface area contributed by atoms with Gasteiger partial charge in [-0.3, -0.25) is 10.2 Å². The Labute approximate surface area is 141 Å². The first kappa shape index (κ1) is 17.0. The Hall–Kier alpha value is -0.0900. The van der Waals surface area contributed by atoms with Gasteiger partial charge in [0.1, 0.15) is 5.75 Å². The predicted octanol–water partition coefficient (Wildman–Crippen LogP) is 3.33. The number of hydrogen-bond donors (Lipinski definition) is 2. The number of carbonyl (C=O) groups excluding carboxylic acids is 1. The Morgan fingerprint density at radius 1 is 1.32 bits per heavy atom. The molecule has 0 aliphatic rings. The van der Waals surface area contributed by atoms with Gasteiger partial charge in [-0.25, -0.2) is 5.43 Å². The maximum Gasteiger partial charge on any atom is 0.265 e. The minimum Gasteiger partial charge on any atom is -0.491 e. The molecule has 1 rings (SSSR count). The number of amides is 1. The van der Waals surface area contributed by atoms with Crippen LogP contribution < -0.4 is 15.6 Å². The first-order valence-electron chi connectivity index (χ1n) is 6.13. The monoisotopic (exact) mass is 488 g/mol. The van der Waals surface area contributed by atoms with Crippen LogP contribution in [-0.4, -0.2) is 18.6 Å². The summed E-state index contributed by atoms with van der Waals surface area (Å²) in [6.07, 6.45) is 0.965. The lowest BCUT2D eigenvalue weighted by Gasteiger charge is -2.13. The summed E-state index contributed by atoms with van der Waals surface area (Å²) in [6, 6.07) is 3.88. The fourth-order valence-corrected chi connectivity index (χ4v) is 3.39. The molecule has 0 unspecified atom stereocenters. The van der Waals surface area contributed by atoms with Crippen LogP contribution in [0.15, 0.2) is 12.1 Å². The molecule has 0 radical (unpaired) electrons. The lowest BCUT2D eigenvalue weighted by atomic mass is 10.2. The van der Waals surface area contributed by atoms with Crippen molar-refractivity contribution in [1.82, 2.24) is 10.9 Å². The summed E-state index contributed by atoms with van der Waals surface area (Å²) in [5, 5.41) is 0. The SMILES string of the molecule is CCCOc1c(I)cc(C(=O)NNC(C)C)cc1I. The average Bonchev–Trinajstić information content (AvgIpc) is 2.34. The van der Waals surface area contributed by atoms with Gasteiger partial charge in [0.2, 0.25) is 0 Å². The Morgan fingerprint density at radius 3 is 2.37 bits per heavy atom. The number of hydrogen-bond acceptors (Lipinski definition) is 3. The standard InChI is InChI=1S/C13H18I2N2O2/c1-4-5-19-12-10(14)6-9(7-11(12)15)13(18)17-16-8(2)3/h6-8,16H,4-5H2,1-3H3,(H,17,18). The van der Waals surface area contributed by atoms with E-state index in [9.17, 15) is 4.79 Å². The molecule has 2 N–H and O–H groups in total. The fourth-order valence-electron chi connectivity index (χ4n) is 1.32. The van der Waals surface area contributed by atoms with E-state index in [4.69, 9.17) is 4.74 Å². The third kappa shape index (κ3) is 5.42. The topological polar surface area (TPSA) is 50.4 Å². The van der Waals surface area contributed by atoms with Crippen molar-refractivity contribution in [3.63, 3.8) is 0 Å². The number of carbonyl (C=O) groups is 1. The van der Waals surface area contributed by atoms with Crippen molar-refractivity contribution in [2.24, 2.45) is 0 Å². The Balaban J connectivity index is 2.84. The number of benzene rings is 1. The normalized spacial score (nSPS) is 10.6. The third-order valence-electron chi connectivity index (χ3n) is 2.19. The number of rotatable bonds is 6. The zero-order valence-corrected chi connectivity index (χ0v) is 15.5. The fraction of sp³-hybridized carbons (Fsp3) is 0.462. The van der Waals surface area contributed by atoms with Crippen LogP contribution in [0.5, 0.6) is 5.75 Å². The second kappa shape index (κ2) is 8.25. The maximum atomic E-state index is 12.0. The third-order valence-corrected chi connectivity index (χ3v) is 3.79. The van der Waals surface area contributed by atoms with Crippen molar-refractivity contribution in [2.75, 3.05) is 6.61 Å². The number of hydrazine groups is 1. The van der Waals surface area contributed by atoms with Crippen LogP contribution in [-0.2, 0) is 0 Å². The second-order valence-electron chi connectivity index (χ2n) is 4.37. The molecule has 6 heteroatoms. The first-order chi connectivity index (χ1) is 8.95. The summed E-state index contributed by atoms with van der Waals surface area (Å²) in [5.74, 6) is 0.725. The predicted molar refractivity (Wildman–Crippen MR) is 93.4 cm³/mol. The van der Waals surface area contributed by atoms with Gasteiger partial charge < -0.3 is 4.74 Å². The van der Waals surface area contributed by atoms with Gasteiger partial charge in [0.15, 0.2) is 0 Å². The van der Waals surface area contributed by atoms with Crippen LogP contribution in [0, 0.1) is 7.14 Å². The van der Waals surface area contributed by atoms with Crippen molar-refractivity contribution >= 4 is 51.1 Å². The zero-order valence-electron chi connectivity index (χ0n) is 11.2. The number of halogens is 2. The van der Waals surface area contributed by atoms with E-state index in [0.29, 0.717) is 12.2 Å². The maximum absolute atomic E-state index is 12.0. The number of ether oxygens (including phenoxy) is 1. The van der Waals surface area contributed by atoms with Gasteiger partial charge in [-0.2, -0.15) is 0 Å². The van der Waals surface area contributed by atoms with Crippen LogP contribution >= 0.6 is 45.2 Å². The molecule has 0 aromatic heterocycles. The summed E-state index contributed by atoms with van der Waals surface area (Å²) >= 11 is 4.39. The minimum absolute atomic E-state index is 0.133. The highest BCUT2D eigenvalue weighted by Crippen LogP contribution is 2.29. The first-order valence-corrected chi connectivity index (χ1v) is 8.29. The Kier molecular flexibility index (Phi) is 7.37. The van der Waals surface area contributed by atoms with Gasteiger partial charge in [0, 0.05) is 11.6 Å². The Bertz CT molecular complexity index is 427. The smallest absolute Gasteiger partial charge is 0.265 e. The molecule has 0 fully saturated rings. The van der Waals surface area contributed by atoms with E-state index in [-0.39, 0.29) is 11.9 Å². The van der Waals surface area contributed by atoms with Gasteiger partial charge in [0.05, 0.1) is 13.7 Å². The molecule has 4 nitrogen and oxygen atoms in total. The average molecular weight is 488 g/mol. The van der Waals surface area contributed by atoms with Gasteiger partial charge in [-0.05, 0) is 77.6 Å².